The summed E-state index contributed by atoms with van der Waals surface area (Å²) in [6.45, 7) is 4.84. The Morgan fingerprint density at radius 2 is 2.00 bits per heavy atom. The number of nitrogens with one attached hydrogen (secondary N) is 1. The molecule has 0 aromatic rings. The Balaban J connectivity index is 2.16. The van der Waals surface area contributed by atoms with Gasteiger partial charge < -0.3 is 11.1 Å². The Morgan fingerprint density at radius 1 is 1.43 bits per heavy atom. The monoisotopic (exact) mass is 198 g/mol. The van der Waals surface area contributed by atoms with E-state index >= 15 is 0 Å². The van der Waals surface area contributed by atoms with Gasteiger partial charge in [-0.3, -0.25) is 4.79 Å². The highest BCUT2D eigenvalue weighted by atomic mass is 16.2. The first-order valence-corrected chi connectivity index (χ1v) is 5.63. The van der Waals surface area contributed by atoms with E-state index in [4.69, 9.17) is 5.73 Å². The Kier molecular flexibility index (Phi) is 4.39. The third-order valence-electron chi connectivity index (χ3n) is 3.11. The van der Waals surface area contributed by atoms with Gasteiger partial charge in [0.15, 0.2) is 0 Å². The highest BCUT2D eigenvalue weighted by Crippen LogP contribution is 2.27. The summed E-state index contributed by atoms with van der Waals surface area (Å²) in [7, 11) is 0. The van der Waals surface area contributed by atoms with Gasteiger partial charge in [0.2, 0.25) is 5.91 Å². The van der Waals surface area contributed by atoms with Gasteiger partial charge >= 0.3 is 0 Å². The zero-order valence-electron chi connectivity index (χ0n) is 9.25. The van der Waals surface area contributed by atoms with Crippen molar-refractivity contribution in [3.05, 3.63) is 0 Å². The van der Waals surface area contributed by atoms with Gasteiger partial charge in [-0.05, 0) is 31.6 Å². The predicted molar refractivity (Wildman–Crippen MR) is 57.8 cm³/mol. The van der Waals surface area contributed by atoms with Gasteiger partial charge in [-0.2, -0.15) is 0 Å². The van der Waals surface area contributed by atoms with Crippen LogP contribution in [0.3, 0.4) is 0 Å². The number of nitrogens with two attached hydrogens (primary N) is 1. The minimum absolute atomic E-state index is 0.0244. The summed E-state index contributed by atoms with van der Waals surface area (Å²) >= 11 is 0. The molecule has 0 aromatic heterocycles. The van der Waals surface area contributed by atoms with Gasteiger partial charge in [0, 0.05) is 6.54 Å². The molecular formula is C11H22N2O. The molecule has 1 rings (SSSR count). The lowest BCUT2D eigenvalue weighted by Gasteiger charge is -2.26. The zero-order valence-corrected chi connectivity index (χ0v) is 9.25. The molecule has 1 atom stereocenters. The first-order chi connectivity index (χ1) is 6.59. The standard InChI is InChI=1S/C11H22N2O/c1-8-3-5-10(6-4-8)7-13-11(14)9(2)12/h8-10H,3-7,12H2,1-2H3,(H,13,14)/t8?,9-,10?/m0/s1. The van der Waals surface area contributed by atoms with Crippen LogP contribution in [0.4, 0.5) is 0 Å². The SMILES string of the molecule is CC1CCC(CNC(=O)[C@H](C)N)CC1. The van der Waals surface area contributed by atoms with E-state index in [0.717, 1.165) is 12.5 Å². The third kappa shape index (κ3) is 3.66. The maximum Gasteiger partial charge on any atom is 0.236 e. The molecule has 0 bridgehead atoms. The topological polar surface area (TPSA) is 55.1 Å². The van der Waals surface area contributed by atoms with Crippen LogP contribution in [0.1, 0.15) is 39.5 Å². The fourth-order valence-corrected chi connectivity index (χ4v) is 1.94. The van der Waals surface area contributed by atoms with Crippen molar-refractivity contribution in [2.24, 2.45) is 17.6 Å². The van der Waals surface area contributed by atoms with Crippen molar-refractivity contribution >= 4 is 5.91 Å². The lowest BCUT2D eigenvalue weighted by atomic mass is 9.83. The van der Waals surface area contributed by atoms with Gasteiger partial charge in [0.1, 0.15) is 0 Å². The molecule has 3 heteroatoms. The number of carbonyl (C=O) groups excluding carboxylic acids is 1. The maximum absolute atomic E-state index is 11.2. The minimum Gasteiger partial charge on any atom is -0.354 e. The summed E-state index contributed by atoms with van der Waals surface area (Å²) in [6, 6.07) is -0.377. The van der Waals surface area contributed by atoms with E-state index in [2.05, 4.69) is 12.2 Å². The van der Waals surface area contributed by atoms with Crippen molar-refractivity contribution in [1.29, 1.82) is 0 Å². The van der Waals surface area contributed by atoms with Crippen molar-refractivity contribution in [3.63, 3.8) is 0 Å². The van der Waals surface area contributed by atoms with Crippen molar-refractivity contribution in [3.8, 4) is 0 Å². The lowest BCUT2D eigenvalue weighted by Crippen LogP contribution is -2.40. The Bertz CT molecular complexity index is 184. The Labute approximate surface area is 86.4 Å². The average molecular weight is 198 g/mol. The van der Waals surface area contributed by atoms with Crippen molar-refractivity contribution < 1.29 is 4.79 Å². The minimum atomic E-state index is -0.377. The molecule has 0 aromatic carbocycles. The molecule has 1 saturated carbocycles. The molecular weight excluding hydrogens is 176 g/mol. The molecule has 1 amide bonds. The fourth-order valence-electron chi connectivity index (χ4n) is 1.94. The van der Waals surface area contributed by atoms with Crippen LogP contribution in [-0.4, -0.2) is 18.5 Å². The van der Waals surface area contributed by atoms with Gasteiger partial charge in [-0.1, -0.05) is 19.8 Å². The number of carbonyl (C=O) groups is 1. The summed E-state index contributed by atoms with van der Waals surface area (Å²) in [5.74, 6) is 1.52. The molecule has 1 aliphatic carbocycles. The molecule has 82 valence electrons. The largest absolute Gasteiger partial charge is 0.354 e. The van der Waals surface area contributed by atoms with Crippen molar-refractivity contribution in [1.82, 2.24) is 5.32 Å². The average Bonchev–Trinajstić information content (AvgIpc) is 2.16. The van der Waals surface area contributed by atoms with Crippen LogP contribution in [0, 0.1) is 11.8 Å². The smallest absolute Gasteiger partial charge is 0.236 e. The van der Waals surface area contributed by atoms with Crippen LogP contribution >= 0.6 is 0 Å². The summed E-state index contributed by atoms with van der Waals surface area (Å²) < 4.78 is 0. The summed E-state index contributed by atoms with van der Waals surface area (Å²) in [5, 5.41) is 2.90. The third-order valence-corrected chi connectivity index (χ3v) is 3.11. The molecule has 0 saturated heterocycles. The molecule has 0 unspecified atom stereocenters. The number of hydrogen-bond acceptors (Lipinski definition) is 2. The number of hydrogen-bond donors (Lipinski definition) is 2. The molecule has 1 fully saturated rings. The van der Waals surface area contributed by atoms with E-state index in [1.807, 2.05) is 0 Å². The summed E-state index contributed by atoms with van der Waals surface area (Å²) in [5.41, 5.74) is 5.46. The molecule has 0 radical (unpaired) electrons. The van der Waals surface area contributed by atoms with Crippen LogP contribution in [0.15, 0.2) is 0 Å². The summed E-state index contributed by atoms with van der Waals surface area (Å²) in [4.78, 5) is 11.2. The van der Waals surface area contributed by atoms with Crippen LogP contribution in [0.2, 0.25) is 0 Å². The molecule has 3 nitrogen and oxygen atoms in total. The van der Waals surface area contributed by atoms with Crippen LogP contribution in [0.25, 0.3) is 0 Å². The van der Waals surface area contributed by atoms with E-state index < -0.39 is 0 Å². The Hall–Kier alpha value is -0.570. The highest BCUT2D eigenvalue weighted by molar-refractivity contribution is 5.80. The first kappa shape index (κ1) is 11.5. The molecule has 14 heavy (non-hydrogen) atoms. The van der Waals surface area contributed by atoms with E-state index in [9.17, 15) is 4.79 Å². The second-order valence-corrected chi connectivity index (χ2v) is 4.66. The van der Waals surface area contributed by atoms with E-state index in [1.54, 1.807) is 6.92 Å². The van der Waals surface area contributed by atoms with Crippen LogP contribution < -0.4 is 11.1 Å². The number of rotatable bonds is 3. The van der Waals surface area contributed by atoms with E-state index in [-0.39, 0.29) is 11.9 Å². The second kappa shape index (κ2) is 5.35. The van der Waals surface area contributed by atoms with Gasteiger partial charge in [-0.25, -0.2) is 0 Å². The van der Waals surface area contributed by atoms with Crippen molar-refractivity contribution in [2.45, 2.75) is 45.6 Å². The second-order valence-electron chi connectivity index (χ2n) is 4.66. The number of amides is 1. The van der Waals surface area contributed by atoms with Crippen LogP contribution in [-0.2, 0) is 4.79 Å². The normalized spacial score (nSPS) is 29.6. The molecule has 0 heterocycles. The van der Waals surface area contributed by atoms with E-state index in [1.165, 1.54) is 25.7 Å². The molecule has 1 aliphatic rings. The van der Waals surface area contributed by atoms with Gasteiger partial charge in [0.05, 0.1) is 6.04 Å². The Morgan fingerprint density at radius 3 is 2.50 bits per heavy atom. The molecule has 0 aliphatic heterocycles. The lowest BCUT2D eigenvalue weighted by molar-refractivity contribution is -0.122. The van der Waals surface area contributed by atoms with E-state index in [0.29, 0.717) is 5.92 Å². The highest BCUT2D eigenvalue weighted by Gasteiger charge is 2.18. The van der Waals surface area contributed by atoms with Gasteiger partial charge in [0.25, 0.3) is 0 Å². The maximum atomic E-state index is 11.2. The summed E-state index contributed by atoms with van der Waals surface area (Å²) in [6.07, 6.45) is 5.11. The fraction of sp³-hybridized carbons (Fsp3) is 0.909. The quantitative estimate of drug-likeness (QED) is 0.717. The molecule has 3 N–H and O–H groups in total. The predicted octanol–water partition coefficient (Wildman–Crippen LogP) is 1.28. The van der Waals surface area contributed by atoms with Crippen molar-refractivity contribution in [2.75, 3.05) is 6.54 Å². The van der Waals surface area contributed by atoms with Crippen LogP contribution in [0.5, 0.6) is 0 Å². The molecule has 0 spiro atoms. The van der Waals surface area contributed by atoms with Gasteiger partial charge in [-0.15, -0.1) is 0 Å². The zero-order chi connectivity index (χ0) is 10.6. The first-order valence-electron chi connectivity index (χ1n) is 5.63.